The molecule has 18 heavy (non-hydrogen) atoms. The smallest absolute Gasteiger partial charge is 0.318 e. The second-order valence-electron chi connectivity index (χ2n) is 5.91. The molecule has 1 fully saturated rings. The summed E-state index contributed by atoms with van der Waals surface area (Å²) >= 11 is 0. The van der Waals surface area contributed by atoms with Gasteiger partial charge >= 0.3 is 12.0 Å². The molecule has 1 rings (SSSR count). The molecule has 0 aliphatic carbocycles. The number of carboxylic acid groups (broad SMARTS) is 1. The maximum Gasteiger partial charge on any atom is 0.318 e. The number of morpholine rings is 1. The molecule has 1 heterocycles. The van der Waals surface area contributed by atoms with Crippen LogP contribution < -0.4 is 5.32 Å². The lowest BCUT2D eigenvalue weighted by atomic mass is 10.0. The first-order chi connectivity index (χ1) is 8.11. The molecule has 0 unspecified atom stereocenters. The zero-order chi connectivity index (χ0) is 14.0. The highest BCUT2D eigenvalue weighted by atomic mass is 16.5. The highest BCUT2D eigenvalue weighted by Crippen LogP contribution is 2.17. The highest BCUT2D eigenvalue weighted by molar-refractivity contribution is 5.77. The average molecular weight is 258 g/mol. The minimum Gasteiger partial charge on any atom is -0.481 e. The monoisotopic (exact) mass is 258 g/mol. The third-order valence-corrected chi connectivity index (χ3v) is 2.75. The van der Waals surface area contributed by atoms with Crippen LogP contribution in [0.2, 0.25) is 0 Å². The van der Waals surface area contributed by atoms with Gasteiger partial charge in [-0.05, 0) is 27.7 Å². The number of carbonyl (C=O) groups is 2. The number of nitrogens with zero attached hydrogens (tertiary/aromatic N) is 1. The van der Waals surface area contributed by atoms with Gasteiger partial charge in [-0.25, -0.2) is 4.79 Å². The zero-order valence-corrected chi connectivity index (χ0v) is 11.4. The van der Waals surface area contributed by atoms with Crippen LogP contribution in [0.25, 0.3) is 0 Å². The van der Waals surface area contributed by atoms with Gasteiger partial charge in [-0.15, -0.1) is 0 Å². The van der Waals surface area contributed by atoms with E-state index in [9.17, 15) is 9.59 Å². The van der Waals surface area contributed by atoms with E-state index in [1.54, 1.807) is 18.7 Å². The molecule has 0 aromatic heterocycles. The molecule has 104 valence electrons. The average Bonchev–Trinajstić information content (AvgIpc) is 2.12. The van der Waals surface area contributed by atoms with Gasteiger partial charge in [0.2, 0.25) is 0 Å². The van der Waals surface area contributed by atoms with E-state index in [4.69, 9.17) is 9.84 Å². The molecule has 0 aromatic rings. The van der Waals surface area contributed by atoms with E-state index in [0.29, 0.717) is 19.7 Å². The molecule has 6 heteroatoms. The lowest BCUT2D eigenvalue weighted by molar-refractivity contribution is -0.138. The fourth-order valence-corrected chi connectivity index (χ4v) is 1.98. The SMILES string of the molecule is CC(C)(CC(=O)O)NC(=O)N1CCOC(C)(C)C1. The number of hydrogen-bond donors (Lipinski definition) is 2. The molecule has 0 saturated carbocycles. The summed E-state index contributed by atoms with van der Waals surface area (Å²) in [7, 11) is 0. The van der Waals surface area contributed by atoms with E-state index < -0.39 is 11.5 Å². The predicted molar refractivity (Wildman–Crippen MR) is 66.5 cm³/mol. The van der Waals surface area contributed by atoms with E-state index in [1.165, 1.54) is 0 Å². The maximum atomic E-state index is 12.0. The topological polar surface area (TPSA) is 78.9 Å². The van der Waals surface area contributed by atoms with E-state index in [-0.39, 0.29) is 18.1 Å². The van der Waals surface area contributed by atoms with Crippen LogP contribution in [0.4, 0.5) is 4.79 Å². The van der Waals surface area contributed by atoms with Gasteiger partial charge in [-0.2, -0.15) is 0 Å². The van der Waals surface area contributed by atoms with Crippen LogP contribution in [0.15, 0.2) is 0 Å². The van der Waals surface area contributed by atoms with Crippen LogP contribution in [-0.2, 0) is 9.53 Å². The number of carboxylic acids is 1. The fraction of sp³-hybridized carbons (Fsp3) is 0.833. The maximum absolute atomic E-state index is 12.0. The molecule has 0 radical (unpaired) electrons. The summed E-state index contributed by atoms with van der Waals surface area (Å²) in [5.74, 6) is -0.928. The summed E-state index contributed by atoms with van der Waals surface area (Å²) in [5.41, 5.74) is -1.11. The summed E-state index contributed by atoms with van der Waals surface area (Å²) in [6.45, 7) is 8.78. The predicted octanol–water partition coefficient (Wildman–Crippen LogP) is 1.06. The fourth-order valence-electron chi connectivity index (χ4n) is 1.98. The largest absolute Gasteiger partial charge is 0.481 e. The van der Waals surface area contributed by atoms with Crippen molar-refractivity contribution in [3.05, 3.63) is 0 Å². The van der Waals surface area contributed by atoms with E-state index in [2.05, 4.69) is 5.32 Å². The van der Waals surface area contributed by atoms with E-state index in [0.717, 1.165) is 0 Å². The Morgan fingerprint density at radius 1 is 1.44 bits per heavy atom. The molecule has 0 atom stereocenters. The number of rotatable bonds is 3. The molecular formula is C12H22N2O4. The molecule has 0 bridgehead atoms. The Kier molecular flexibility index (Phi) is 4.21. The zero-order valence-electron chi connectivity index (χ0n) is 11.4. The lowest BCUT2D eigenvalue weighted by Crippen LogP contribution is -2.57. The molecule has 2 amide bonds. The molecule has 1 aliphatic heterocycles. The first-order valence-corrected chi connectivity index (χ1v) is 6.04. The van der Waals surface area contributed by atoms with Crippen molar-refractivity contribution in [2.45, 2.75) is 45.3 Å². The molecule has 0 spiro atoms. The van der Waals surface area contributed by atoms with Gasteiger partial charge in [0.1, 0.15) is 0 Å². The Labute approximate surface area is 107 Å². The van der Waals surface area contributed by atoms with Crippen molar-refractivity contribution in [2.24, 2.45) is 0 Å². The summed E-state index contributed by atoms with van der Waals surface area (Å²) in [5, 5.41) is 11.5. The van der Waals surface area contributed by atoms with Gasteiger partial charge in [-0.3, -0.25) is 4.79 Å². The third-order valence-electron chi connectivity index (χ3n) is 2.75. The Morgan fingerprint density at radius 2 is 2.06 bits per heavy atom. The normalized spacial score (nSPS) is 19.4. The minimum atomic E-state index is -0.928. The Bertz CT molecular complexity index is 339. The molecule has 1 aliphatic rings. The van der Waals surface area contributed by atoms with E-state index in [1.807, 2.05) is 13.8 Å². The first kappa shape index (κ1) is 14.8. The number of amides is 2. The van der Waals surface area contributed by atoms with Crippen LogP contribution in [-0.4, -0.2) is 52.8 Å². The van der Waals surface area contributed by atoms with Gasteiger partial charge in [0.15, 0.2) is 0 Å². The summed E-state index contributed by atoms with van der Waals surface area (Å²) in [4.78, 5) is 24.4. The first-order valence-electron chi connectivity index (χ1n) is 6.04. The Hall–Kier alpha value is -1.30. The third kappa shape index (κ3) is 4.52. The number of nitrogens with one attached hydrogen (secondary N) is 1. The van der Waals surface area contributed by atoms with Crippen molar-refractivity contribution in [3.63, 3.8) is 0 Å². The van der Waals surface area contributed by atoms with Crippen molar-refractivity contribution in [3.8, 4) is 0 Å². The van der Waals surface area contributed by atoms with Crippen molar-refractivity contribution in [1.29, 1.82) is 0 Å². The second-order valence-corrected chi connectivity index (χ2v) is 5.91. The number of aliphatic carboxylic acids is 1. The Morgan fingerprint density at radius 3 is 2.56 bits per heavy atom. The van der Waals surface area contributed by atoms with E-state index >= 15 is 0 Å². The van der Waals surface area contributed by atoms with Crippen LogP contribution >= 0.6 is 0 Å². The summed E-state index contributed by atoms with van der Waals surface area (Å²) in [6, 6.07) is -0.238. The molecule has 6 nitrogen and oxygen atoms in total. The van der Waals surface area contributed by atoms with Gasteiger partial charge in [0.25, 0.3) is 0 Å². The van der Waals surface area contributed by atoms with Gasteiger partial charge < -0.3 is 20.1 Å². The van der Waals surface area contributed by atoms with Crippen molar-refractivity contribution >= 4 is 12.0 Å². The quantitative estimate of drug-likeness (QED) is 0.793. The lowest BCUT2D eigenvalue weighted by Gasteiger charge is -2.39. The molecule has 0 aromatic carbocycles. The molecular weight excluding hydrogens is 236 g/mol. The second kappa shape index (κ2) is 5.14. The number of urea groups is 1. The molecule has 2 N–H and O–H groups in total. The van der Waals surface area contributed by atoms with Crippen LogP contribution in [0, 0.1) is 0 Å². The van der Waals surface area contributed by atoms with Gasteiger partial charge in [0, 0.05) is 12.1 Å². The Balaban J connectivity index is 2.57. The van der Waals surface area contributed by atoms with Crippen LogP contribution in [0.1, 0.15) is 34.1 Å². The summed E-state index contributed by atoms with van der Waals surface area (Å²) in [6.07, 6.45) is -0.105. The van der Waals surface area contributed by atoms with Crippen molar-refractivity contribution in [2.75, 3.05) is 19.7 Å². The van der Waals surface area contributed by atoms with Gasteiger partial charge in [0.05, 0.1) is 25.2 Å². The van der Waals surface area contributed by atoms with Crippen LogP contribution in [0.3, 0.4) is 0 Å². The molecule has 1 saturated heterocycles. The van der Waals surface area contributed by atoms with Crippen molar-refractivity contribution < 1.29 is 19.4 Å². The number of hydrogen-bond acceptors (Lipinski definition) is 3. The number of carbonyl (C=O) groups excluding carboxylic acids is 1. The van der Waals surface area contributed by atoms with Gasteiger partial charge in [-0.1, -0.05) is 0 Å². The minimum absolute atomic E-state index is 0.105. The summed E-state index contributed by atoms with van der Waals surface area (Å²) < 4.78 is 5.52. The highest BCUT2D eigenvalue weighted by Gasteiger charge is 2.32. The number of ether oxygens (including phenoxy) is 1. The standard InChI is InChI=1S/C12H22N2O4/c1-11(2,7-9(15)16)13-10(17)14-5-6-18-12(3,4)8-14/h5-8H2,1-4H3,(H,13,17)(H,15,16). The van der Waals surface area contributed by atoms with Crippen molar-refractivity contribution in [1.82, 2.24) is 10.2 Å². The van der Waals surface area contributed by atoms with Crippen LogP contribution in [0.5, 0.6) is 0 Å².